The quantitative estimate of drug-likeness (QED) is 0.821. The first-order valence-corrected chi connectivity index (χ1v) is 6.60. The molecule has 0 saturated heterocycles. The molecule has 1 N–H and O–H groups in total. The van der Waals surface area contributed by atoms with E-state index in [-0.39, 0.29) is 12.5 Å². The number of nitrogens with zero attached hydrogens (tertiary/aromatic N) is 3. The molecule has 2 heterocycles. The number of aryl methyl sites for hydroxylation is 1. The fraction of sp³-hybridized carbons (Fsp3) is 0.154. The van der Waals surface area contributed by atoms with Crippen molar-refractivity contribution in [2.24, 2.45) is 0 Å². The number of fused-ring (bicyclic) bond motifs is 1. The van der Waals surface area contributed by atoms with Crippen molar-refractivity contribution in [2.75, 3.05) is 16.8 Å². The van der Waals surface area contributed by atoms with Crippen LogP contribution in [0.3, 0.4) is 0 Å². The zero-order valence-corrected chi connectivity index (χ0v) is 11.8. The maximum Gasteiger partial charge on any atom is 0.244 e. The second kappa shape index (κ2) is 4.62. The van der Waals surface area contributed by atoms with E-state index < -0.39 is 0 Å². The van der Waals surface area contributed by atoms with E-state index in [4.69, 9.17) is 0 Å². The van der Waals surface area contributed by atoms with Gasteiger partial charge in [0.2, 0.25) is 5.91 Å². The highest BCUT2D eigenvalue weighted by Gasteiger charge is 2.24. The van der Waals surface area contributed by atoms with Crippen molar-refractivity contribution in [3.63, 3.8) is 0 Å². The van der Waals surface area contributed by atoms with Crippen LogP contribution in [0.25, 0.3) is 0 Å². The molecule has 6 heteroatoms. The maximum absolute atomic E-state index is 11.8. The predicted octanol–water partition coefficient (Wildman–Crippen LogP) is 2.64. The van der Waals surface area contributed by atoms with E-state index in [1.54, 1.807) is 0 Å². The average molecular weight is 319 g/mol. The molecule has 1 aliphatic heterocycles. The number of amides is 1. The van der Waals surface area contributed by atoms with Crippen LogP contribution in [0.1, 0.15) is 5.82 Å². The van der Waals surface area contributed by atoms with Crippen LogP contribution in [-0.4, -0.2) is 22.4 Å². The Morgan fingerprint density at radius 1 is 1.32 bits per heavy atom. The van der Waals surface area contributed by atoms with Gasteiger partial charge in [0.25, 0.3) is 0 Å². The smallest absolute Gasteiger partial charge is 0.244 e. The van der Waals surface area contributed by atoms with E-state index >= 15 is 0 Å². The lowest BCUT2D eigenvalue weighted by Gasteiger charge is -2.30. The molecule has 0 spiro atoms. The summed E-state index contributed by atoms with van der Waals surface area (Å²) in [6, 6.07) is 9.47. The fourth-order valence-electron chi connectivity index (χ4n) is 2.09. The van der Waals surface area contributed by atoms with Gasteiger partial charge in [0.05, 0.1) is 11.4 Å². The summed E-state index contributed by atoms with van der Waals surface area (Å²) in [6.45, 7) is 2.07. The number of para-hydroxylation sites is 2. The number of aromatic nitrogens is 2. The maximum atomic E-state index is 11.8. The van der Waals surface area contributed by atoms with E-state index in [0.717, 1.165) is 11.4 Å². The van der Waals surface area contributed by atoms with Gasteiger partial charge in [-0.1, -0.05) is 12.1 Å². The summed E-state index contributed by atoms with van der Waals surface area (Å²) in [6.07, 6.45) is 0. The standard InChI is InChI=1S/C13H11BrN4O/c1-8-15-11(14)6-12(16-8)18-7-13(19)17-9-4-2-3-5-10(9)18/h2-6H,7H2,1H3,(H,17,19). The first-order valence-electron chi connectivity index (χ1n) is 5.81. The first kappa shape index (κ1) is 12.1. The molecule has 0 atom stereocenters. The number of nitrogens with one attached hydrogen (secondary N) is 1. The minimum Gasteiger partial charge on any atom is -0.323 e. The minimum absolute atomic E-state index is 0.0499. The van der Waals surface area contributed by atoms with Gasteiger partial charge in [-0.3, -0.25) is 4.79 Å². The van der Waals surface area contributed by atoms with Crippen molar-refractivity contribution in [3.05, 3.63) is 40.8 Å². The van der Waals surface area contributed by atoms with E-state index in [9.17, 15) is 4.79 Å². The van der Waals surface area contributed by atoms with Gasteiger partial charge in [-0.25, -0.2) is 9.97 Å². The van der Waals surface area contributed by atoms with Crippen molar-refractivity contribution in [1.82, 2.24) is 9.97 Å². The van der Waals surface area contributed by atoms with Gasteiger partial charge >= 0.3 is 0 Å². The largest absolute Gasteiger partial charge is 0.323 e. The lowest BCUT2D eigenvalue weighted by atomic mass is 10.2. The fourth-order valence-corrected chi connectivity index (χ4v) is 2.55. The highest BCUT2D eigenvalue weighted by atomic mass is 79.9. The number of benzene rings is 1. The molecule has 1 aromatic carbocycles. The summed E-state index contributed by atoms with van der Waals surface area (Å²) in [5, 5.41) is 2.85. The third kappa shape index (κ3) is 2.31. The van der Waals surface area contributed by atoms with Gasteiger partial charge in [0.15, 0.2) is 0 Å². The van der Waals surface area contributed by atoms with Crippen molar-refractivity contribution in [2.45, 2.75) is 6.92 Å². The number of hydrogen-bond acceptors (Lipinski definition) is 4. The van der Waals surface area contributed by atoms with Gasteiger partial charge in [-0.05, 0) is 35.0 Å². The molecular weight excluding hydrogens is 308 g/mol. The number of hydrogen-bond donors (Lipinski definition) is 1. The van der Waals surface area contributed by atoms with E-state index in [2.05, 4.69) is 31.2 Å². The van der Waals surface area contributed by atoms with Crippen LogP contribution in [0, 0.1) is 6.92 Å². The van der Waals surface area contributed by atoms with Crippen LogP contribution in [0.2, 0.25) is 0 Å². The minimum atomic E-state index is -0.0499. The molecule has 1 amide bonds. The second-order valence-corrected chi connectivity index (χ2v) is 5.06. The summed E-state index contributed by atoms with van der Waals surface area (Å²) in [7, 11) is 0. The van der Waals surface area contributed by atoms with Crippen LogP contribution in [0.15, 0.2) is 34.9 Å². The third-order valence-electron chi connectivity index (χ3n) is 2.84. The van der Waals surface area contributed by atoms with Crippen LogP contribution < -0.4 is 10.2 Å². The Morgan fingerprint density at radius 2 is 2.11 bits per heavy atom. The van der Waals surface area contributed by atoms with Crippen LogP contribution >= 0.6 is 15.9 Å². The van der Waals surface area contributed by atoms with Gasteiger partial charge < -0.3 is 10.2 Å². The molecule has 96 valence electrons. The monoisotopic (exact) mass is 318 g/mol. The molecule has 1 aliphatic rings. The molecule has 19 heavy (non-hydrogen) atoms. The Morgan fingerprint density at radius 3 is 2.89 bits per heavy atom. The Kier molecular flexibility index (Phi) is 2.94. The molecule has 1 aromatic heterocycles. The lowest BCUT2D eigenvalue weighted by Crippen LogP contribution is -2.35. The molecule has 0 fully saturated rings. The predicted molar refractivity (Wildman–Crippen MR) is 76.5 cm³/mol. The van der Waals surface area contributed by atoms with Crippen LogP contribution in [-0.2, 0) is 4.79 Å². The summed E-state index contributed by atoms with van der Waals surface area (Å²) in [5.41, 5.74) is 1.73. The van der Waals surface area contributed by atoms with Gasteiger partial charge in [0.1, 0.15) is 22.8 Å². The van der Waals surface area contributed by atoms with Crippen molar-refractivity contribution in [3.8, 4) is 0 Å². The van der Waals surface area contributed by atoms with Crippen LogP contribution in [0.4, 0.5) is 17.2 Å². The van der Waals surface area contributed by atoms with Crippen molar-refractivity contribution in [1.29, 1.82) is 0 Å². The molecule has 5 nitrogen and oxygen atoms in total. The molecule has 0 unspecified atom stereocenters. The van der Waals surface area contributed by atoms with Crippen LogP contribution in [0.5, 0.6) is 0 Å². The summed E-state index contributed by atoms with van der Waals surface area (Å²) >= 11 is 3.36. The Labute approximate surface area is 118 Å². The Hall–Kier alpha value is -1.95. The van der Waals surface area contributed by atoms with Gasteiger partial charge in [-0.15, -0.1) is 0 Å². The summed E-state index contributed by atoms with van der Waals surface area (Å²) in [5.74, 6) is 1.32. The molecular formula is C13H11BrN4O. The van der Waals surface area contributed by atoms with Crippen molar-refractivity contribution >= 4 is 39.0 Å². The molecule has 3 rings (SSSR count). The highest BCUT2D eigenvalue weighted by molar-refractivity contribution is 9.10. The topological polar surface area (TPSA) is 58.1 Å². The molecule has 0 bridgehead atoms. The number of halogens is 1. The Bertz CT molecular complexity index is 639. The first-order chi connectivity index (χ1) is 9.13. The van der Waals surface area contributed by atoms with Crippen molar-refractivity contribution < 1.29 is 4.79 Å². The zero-order chi connectivity index (χ0) is 13.4. The molecule has 0 radical (unpaired) electrons. The zero-order valence-electron chi connectivity index (χ0n) is 10.2. The van der Waals surface area contributed by atoms with Gasteiger partial charge in [0, 0.05) is 6.07 Å². The lowest BCUT2D eigenvalue weighted by molar-refractivity contribution is -0.115. The van der Waals surface area contributed by atoms with Gasteiger partial charge in [-0.2, -0.15) is 0 Å². The number of anilines is 3. The Balaban J connectivity index is 2.12. The molecule has 2 aromatic rings. The normalized spacial score (nSPS) is 14.0. The number of carbonyl (C=O) groups excluding carboxylic acids is 1. The second-order valence-electron chi connectivity index (χ2n) is 4.25. The summed E-state index contributed by atoms with van der Waals surface area (Å²) in [4.78, 5) is 22.2. The SMILES string of the molecule is Cc1nc(Br)cc(N2CC(=O)Nc3ccccc32)n1. The average Bonchev–Trinajstić information content (AvgIpc) is 2.36. The summed E-state index contributed by atoms with van der Waals surface area (Å²) < 4.78 is 0.707. The van der Waals surface area contributed by atoms with E-state index in [0.29, 0.717) is 16.2 Å². The number of rotatable bonds is 1. The third-order valence-corrected chi connectivity index (χ3v) is 3.25. The van der Waals surface area contributed by atoms with E-state index in [1.165, 1.54) is 0 Å². The number of carbonyl (C=O) groups is 1. The highest BCUT2D eigenvalue weighted by Crippen LogP contribution is 2.34. The van der Waals surface area contributed by atoms with E-state index in [1.807, 2.05) is 42.2 Å². The molecule has 0 aliphatic carbocycles. The molecule has 0 saturated carbocycles.